The van der Waals surface area contributed by atoms with Gasteiger partial charge in [-0.3, -0.25) is 24.5 Å². The molecule has 10 rings (SSSR count). The third-order valence-corrected chi connectivity index (χ3v) is 11.5. The molecule has 7 aromatic rings. The van der Waals surface area contributed by atoms with Gasteiger partial charge in [0.25, 0.3) is 0 Å². The lowest BCUT2D eigenvalue weighted by Gasteiger charge is -2.27. The molecular weight excluding hydrogens is 749 g/mol. The van der Waals surface area contributed by atoms with E-state index in [9.17, 15) is 14.7 Å². The Morgan fingerprint density at radius 2 is 0.833 bits per heavy atom. The van der Waals surface area contributed by atoms with Gasteiger partial charge in [0.1, 0.15) is 0 Å². The lowest BCUT2D eigenvalue weighted by Crippen LogP contribution is -2.36. The first-order valence-electron chi connectivity index (χ1n) is 20.0. The number of rotatable bonds is 7. The van der Waals surface area contributed by atoms with Crippen molar-refractivity contribution >= 4 is 63.9 Å². The fraction of sp³-hybridized carbons (Fsp3) is 0.122. The second kappa shape index (κ2) is 15.5. The van der Waals surface area contributed by atoms with Gasteiger partial charge in [0.2, 0.25) is 5.91 Å². The predicted octanol–water partition coefficient (Wildman–Crippen LogP) is 10.3. The van der Waals surface area contributed by atoms with E-state index in [1.165, 1.54) is 0 Å². The Hall–Kier alpha value is -7.79. The highest BCUT2D eigenvalue weighted by Gasteiger charge is 2.35. The average molecular weight is 787 g/mol. The van der Waals surface area contributed by atoms with Gasteiger partial charge in [0.05, 0.1) is 34.6 Å². The van der Waals surface area contributed by atoms with Crippen molar-refractivity contribution in [1.29, 1.82) is 0 Å². The van der Waals surface area contributed by atoms with Crippen molar-refractivity contribution in [1.82, 2.24) is 34.9 Å². The number of anilines is 1. The Labute approximate surface area is 344 Å². The molecule has 2 aliphatic heterocycles. The van der Waals surface area contributed by atoms with Crippen molar-refractivity contribution in [2.75, 3.05) is 5.32 Å². The number of nitrogens with zero attached hydrogens (tertiary/aromatic N) is 5. The Balaban J connectivity index is 1.22. The standard InChI is InChI=1S/C49H38N8O3/c58-48(34-3-1-2-4-35(34)49(59)60)53-33-7-5-29(6-8-33)44-36-9-11-38(54-36)45(30-17-23-50-24-18-30)40-13-15-42(56-40)47(32-21-27-52-28-22-32)43-16-14-41(57-43)46(31-19-25-51-26-20-31)39-12-10-37(44)55-39/h5-28,34-35,54,57H,1-4H2,(H,53,58)(H,59,60)/t34-,35-/m1/s1. The topological polar surface area (TPSA) is 162 Å². The molecule has 1 saturated carbocycles. The van der Waals surface area contributed by atoms with Crippen LogP contribution in [-0.2, 0) is 9.59 Å². The van der Waals surface area contributed by atoms with Crippen LogP contribution >= 0.6 is 0 Å². The monoisotopic (exact) mass is 786 g/mol. The average Bonchev–Trinajstić information content (AvgIpc) is 4.14. The van der Waals surface area contributed by atoms with E-state index >= 15 is 0 Å². The minimum atomic E-state index is -0.915. The molecule has 8 bridgehead atoms. The van der Waals surface area contributed by atoms with Crippen molar-refractivity contribution in [3.8, 4) is 44.5 Å². The maximum absolute atomic E-state index is 13.4. The first-order valence-corrected chi connectivity index (χ1v) is 20.0. The van der Waals surface area contributed by atoms with E-state index in [2.05, 4.69) is 66.7 Å². The Morgan fingerprint density at radius 3 is 1.20 bits per heavy atom. The minimum Gasteiger partial charge on any atom is -0.481 e. The highest BCUT2D eigenvalue weighted by Crippen LogP contribution is 2.39. The summed E-state index contributed by atoms with van der Waals surface area (Å²) in [6, 6.07) is 27.9. The molecule has 3 aliphatic rings. The summed E-state index contributed by atoms with van der Waals surface area (Å²) in [6.45, 7) is 0. The number of carboxylic acids is 1. The number of carbonyl (C=O) groups is 2. The summed E-state index contributed by atoms with van der Waals surface area (Å²) in [7, 11) is 0. The van der Waals surface area contributed by atoms with Gasteiger partial charge >= 0.3 is 5.97 Å². The summed E-state index contributed by atoms with van der Waals surface area (Å²) in [6.07, 6.45) is 21.6. The van der Waals surface area contributed by atoms with E-state index in [1.54, 1.807) is 37.2 Å². The molecule has 1 aromatic carbocycles. The van der Waals surface area contributed by atoms with Crippen LogP contribution in [-0.4, -0.2) is 51.9 Å². The molecule has 2 atom stereocenters. The van der Waals surface area contributed by atoms with Crippen LogP contribution in [0.15, 0.2) is 122 Å². The summed E-state index contributed by atoms with van der Waals surface area (Å²) in [5.41, 5.74) is 14.5. The number of H-pyrrole nitrogens is 2. The normalized spacial score (nSPS) is 15.8. The molecule has 11 nitrogen and oxygen atoms in total. The van der Waals surface area contributed by atoms with E-state index in [1.807, 2.05) is 72.8 Å². The van der Waals surface area contributed by atoms with Gasteiger partial charge < -0.3 is 20.4 Å². The summed E-state index contributed by atoms with van der Waals surface area (Å²) in [4.78, 5) is 56.4. The summed E-state index contributed by atoms with van der Waals surface area (Å²) in [5.74, 6) is -2.42. The SMILES string of the molecule is O=C(O)[C@@H]1CCCC[C@H]1C(=O)Nc1ccc(-c2c3nc(c(-c4ccncc4)c4ccc([nH]4)c(-c4ccncc4)c4nc(c(-c5ccncc5)c5ccc2[nH]5)C=C4)C=C3)cc1. The van der Waals surface area contributed by atoms with Crippen LogP contribution in [0.25, 0.3) is 90.9 Å². The molecule has 1 aliphatic carbocycles. The van der Waals surface area contributed by atoms with Crippen LogP contribution in [0.2, 0.25) is 0 Å². The molecule has 0 saturated heterocycles. The number of pyridine rings is 3. The van der Waals surface area contributed by atoms with Crippen molar-refractivity contribution in [3.63, 3.8) is 0 Å². The highest BCUT2D eigenvalue weighted by atomic mass is 16.4. The third kappa shape index (κ3) is 6.85. The number of hydrogen-bond donors (Lipinski definition) is 4. The Kier molecular flexibility index (Phi) is 9.45. The lowest BCUT2D eigenvalue weighted by atomic mass is 9.78. The zero-order valence-corrected chi connectivity index (χ0v) is 32.3. The molecule has 0 radical (unpaired) electrons. The maximum atomic E-state index is 13.4. The number of aromatic amines is 2. The van der Waals surface area contributed by atoms with E-state index < -0.39 is 17.8 Å². The van der Waals surface area contributed by atoms with Gasteiger partial charge in [-0.1, -0.05) is 25.0 Å². The Bertz CT molecular complexity index is 2970. The van der Waals surface area contributed by atoms with Crippen molar-refractivity contribution in [2.24, 2.45) is 11.8 Å². The number of nitrogens with one attached hydrogen (secondary N) is 3. The summed E-state index contributed by atoms with van der Waals surface area (Å²) in [5, 5.41) is 12.8. The van der Waals surface area contributed by atoms with E-state index in [-0.39, 0.29) is 5.91 Å². The van der Waals surface area contributed by atoms with Gasteiger partial charge in [-0.2, -0.15) is 0 Å². The smallest absolute Gasteiger partial charge is 0.307 e. The Morgan fingerprint density at radius 1 is 0.483 bits per heavy atom. The number of amides is 1. The van der Waals surface area contributed by atoms with Crippen LogP contribution in [0, 0.1) is 11.8 Å². The van der Waals surface area contributed by atoms with Crippen LogP contribution in [0.1, 0.15) is 48.5 Å². The fourth-order valence-electron chi connectivity index (χ4n) is 8.67. The van der Waals surface area contributed by atoms with Crippen LogP contribution in [0.3, 0.4) is 0 Å². The van der Waals surface area contributed by atoms with Gasteiger partial charge in [0, 0.05) is 87.2 Å². The zero-order valence-electron chi connectivity index (χ0n) is 32.3. The molecule has 1 fully saturated rings. The van der Waals surface area contributed by atoms with Crippen LogP contribution in [0.5, 0.6) is 0 Å². The number of aromatic nitrogens is 7. The molecule has 6 aromatic heterocycles. The first kappa shape index (κ1) is 36.5. The molecule has 8 heterocycles. The van der Waals surface area contributed by atoms with Gasteiger partial charge in [-0.05, 0) is 132 Å². The second-order valence-electron chi connectivity index (χ2n) is 15.1. The predicted molar refractivity (Wildman–Crippen MR) is 236 cm³/mol. The molecule has 0 unspecified atom stereocenters. The largest absolute Gasteiger partial charge is 0.481 e. The highest BCUT2D eigenvalue weighted by molar-refractivity contribution is 6.00. The van der Waals surface area contributed by atoms with E-state index in [0.717, 1.165) is 102 Å². The van der Waals surface area contributed by atoms with Crippen molar-refractivity contribution < 1.29 is 14.7 Å². The molecular formula is C49H38N8O3. The molecule has 0 spiro atoms. The number of benzene rings is 1. The second-order valence-corrected chi connectivity index (χ2v) is 15.1. The summed E-state index contributed by atoms with van der Waals surface area (Å²) >= 11 is 0. The quantitative estimate of drug-likeness (QED) is 0.124. The van der Waals surface area contributed by atoms with Crippen LogP contribution in [0.4, 0.5) is 5.69 Å². The molecule has 11 heteroatoms. The number of hydrogen-bond acceptors (Lipinski definition) is 7. The zero-order chi connectivity index (χ0) is 40.6. The van der Waals surface area contributed by atoms with Crippen molar-refractivity contribution in [3.05, 3.63) is 145 Å². The number of carbonyl (C=O) groups excluding carboxylic acids is 1. The molecule has 60 heavy (non-hydrogen) atoms. The van der Waals surface area contributed by atoms with Gasteiger partial charge in [0.15, 0.2) is 0 Å². The molecule has 4 N–H and O–H groups in total. The molecule has 1 amide bonds. The van der Waals surface area contributed by atoms with E-state index in [4.69, 9.17) is 9.97 Å². The van der Waals surface area contributed by atoms with Gasteiger partial charge in [-0.25, -0.2) is 9.97 Å². The minimum absolute atomic E-state index is 0.260. The number of carboxylic acid groups (broad SMARTS) is 1. The van der Waals surface area contributed by atoms with E-state index in [0.29, 0.717) is 18.5 Å². The summed E-state index contributed by atoms with van der Waals surface area (Å²) < 4.78 is 0. The first-order chi connectivity index (χ1) is 29.5. The number of aliphatic carboxylic acids is 1. The van der Waals surface area contributed by atoms with Gasteiger partial charge in [-0.15, -0.1) is 0 Å². The maximum Gasteiger partial charge on any atom is 0.307 e. The molecule has 292 valence electrons. The fourth-order valence-corrected chi connectivity index (χ4v) is 8.67. The van der Waals surface area contributed by atoms with Crippen LogP contribution < -0.4 is 5.32 Å². The lowest BCUT2D eigenvalue weighted by molar-refractivity contribution is -0.147. The third-order valence-electron chi connectivity index (χ3n) is 11.5. The van der Waals surface area contributed by atoms with Crippen molar-refractivity contribution in [2.45, 2.75) is 25.7 Å². The number of fused-ring (bicyclic) bond motifs is 8.